The molecule has 23 heavy (non-hydrogen) atoms. The van der Waals surface area contributed by atoms with Crippen LogP contribution in [0.1, 0.15) is 10.8 Å². The van der Waals surface area contributed by atoms with E-state index >= 15 is 0 Å². The van der Waals surface area contributed by atoms with Gasteiger partial charge in [0.2, 0.25) is 0 Å². The van der Waals surface area contributed by atoms with Crippen molar-refractivity contribution >= 4 is 22.4 Å². The minimum absolute atomic E-state index is 0.296. The number of hydrogen-bond donors (Lipinski definition) is 1. The summed E-state index contributed by atoms with van der Waals surface area (Å²) in [7, 11) is 0. The lowest BCUT2D eigenvalue weighted by Gasteiger charge is -2.14. The Hall–Kier alpha value is -1.83. The second-order valence-corrected chi connectivity index (χ2v) is 6.67. The first-order valence-corrected chi connectivity index (χ1v) is 8.46. The van der Waals surface area contributed by atoms with Gasteiger partial charge in [0, 0.05) is 24.7 Å². The fraction of sp³-hybridized carbons (Fsp3) is 0.375. The number of benzene rings is 1. The van der Waals surface area contributed by atoms with Crippen LogP contribution in [0.3, 0.4) is 0 Å². The molecule has 1 aliphatic rings. The average Bonchev–Trinajstić information content (AvgIpc) is 3.25. The number of aromatic amines is 1. The molecule has 1 aliphatic heterocycles. The molecule has 2 atom stereocenters. The minimum atomic E-state index is -0.973. The molecule has 1 aromatic carbocycles. The molecule has 0 radical (unpaired) electrons. The van der Waals surface area contributed by atoms with Gasteiger partial charge in [0.1, 0.15) is 29.7 Å². The summed E-state index contributed by atoms with van der Waals surface area (Å²) < 4.78 is 19.9. The van der Waals surface area contributed by atoms with Crippen LogP contribution in [0, 0.1) is 0 Å². The third-order valence-corrected chi connectivity index (χ3v) is 4.75. The van der Waals surface area contributed by atoms with E-state index in [0.29, 0.717) is 26.2 Å². The predicted octanol–water partition coefficient (Wildman–Crippen LogP) is 2.76. The van der Waals surface area contributed by atoms with Crippen LogP contribution in [-0.4, -0.2) is 45.2 Å². The van der Waals surface area contributed by atoms with E-state index in [9.17, 15) is 4.39 Å². The van der Waals surface area contributed by atoms with Crippen molar-refractivity contribution in [2.45, 2.75) is 25.4 Å². The van der Waals surface area contributed by atoms with E-state index in [0.717, 1.165) is 21.9 Å². The number of likely N-dealkylation sites (tertiary alicyclic amines) is 1. The van der Waals surface area contributed by atoms with Gasteiger partial charge >= 0.3 is 0 Å². The molecule has 0 saturated carbocycles. The standard InChI is InChI=1S/C16H17FN4OS/c17-11-7-21(9-16-18-5-6-23-16)8-14(11)22-10-15-19-12-3-1-2-4-13(12)20-15/h1-6,11,14H,7-10H2,(H,19,20). The van der Waals surface area contributed by atoms with Crippen molar-refractivity contribution in [3.63, 3.8) is 0 Å². The van der Waals surface area contributed by atoms with Gasteiger partial charge in [0.15, 0.2) is 0 Å². The number of rotatable bonds is 5. The highest BCUT2D eigenvalue weighted by Crippen LogP contribution is 2.21. The second kappa shape index (κ2) is 6.35. The molecule has 0 spiro atoms. The van der Waals surface area contributed by atoms with Crippen molar-refractivity contribution in [1.82, 2.24) is 19.9 Å². The minimum Gasteiger partial charge on any atom is -0.366 e. The number of ether oxygens (including phenoxy) is 1. The van der Waals surface area contributed by atoms with E-state index in [4.69, 9.17) is 4.74 Å². The van der Waals surface area contributed by atoms with Crippen LogP contribution in [0.4, 0.5) is 4.39 Å². The second-order valence-electron chi connectivity index (χ2n) is 5.69. The van der Waals surface area contributed by atoms with Gasteiger partial charge in [-0.2, -0.15) is 0 Å². The van der Waals surface area contributed by atoms with Gasteiger partial charge in [-0.05, 0) is 12.1 Å². The normalized spacial score (nSPS) is 22.1. The number of halogens is 1. The zero-order valence-corrected chi connectivity index (χ0v) is 13.3. The Kier molecular flexibility index (Phi) is 4.07. The number of hydrogen-bond acceptors (Lipinski definition) is 5. The number of H-pyrrole nitrogens is 1. The number of imidazole rings is 1. The molecular weight excluding hydrogens is 315 g/mol. The topological polar surface area (TPSA) is 54.0 Å². The van der Waals surface area contributed by atoms with Crippen LogP contribution in [0.25, 0.3) is 11.0 Å². The number of alkyl halides is 1. The van der Waals surface area contributed by atoms with Crippen LogP contribution in [0.2, 0.25) is 0 Å². The van der Waals surface area contributed by atoms with Gasteiger partial charge in [0.05, 0.1) is 17.6 Å². The molecule has 5 nitrogen and oxygen atoms in total. The van der Waals surface area contributed by atoms with E-state index in [-0.39, 0.29) is 0 Å². The van der Waals surface area contributed by atoms with Crippen LogP contribution < -0.4 is 0 Å². The molecule has 1 fully saturated rings. The zero-order valence-electron chi connectivity index (χ0n) is 12.5. The highest BCUT2D eigenvalue weighted by atomic mass is 32.1. The first-order valence-electron chi connectivity index (χ1n) is 7.58. The van der Waals surface area contributed by atoms with Crippen molar-refractivity contribution in [3.05, 3.63) is 46.7 Å². The average molecular weight is 332 g/mol. The summed E-state index contributed by atoms with van der Waals surface area (Å²) in [5.74, 6) is 0.733. The van der Waals surface area contributed by atoms with Crippen LogP contribution in [0.15, 0.2) is 35.8 Å². The highest BCUT2D eigenvalue weighted by molar-refractivity contribution is 7.09. The van der Waals surface area contributed by atoms with Crippen molar-refractivity contribution in [2.75, 3.05) is 13.1 Å². The Bertz CT molecular complexity index is 742. The third kappa shape index (κ3) is 3.26. The molecule has 4 rings (SSSR count). The first kappa shape index (κ1) is 14.7. The van der Waals surface area contributed by atoms with Crippen molar-refractivity contribution < 1.29 is 9.13 Å². The lowest BCUT2D eigenvalue weighted by molar-refractivity contribution is 0.00863. The summed E-state index contributed by atoms with van der Waals surface area (Å²) in [6.07, 6.45) is 0.390. The Balaban J connectivity index is 1.35. The van der Waals surface area contributed by atoms with E-state index in [1.54, 1.807) is 17.5 Å². The van der Waals surface area contributed by atoms with Crippen LogP contribution >= 0.6 is 11.3 Å². The Morgan fingerprint density at radius 1 is 1.35 bits per heavy atom. The number of thiazole rings is 1. The summed E-state index contributed by atoms with van der Waals surface area (Å²) in [6.45, 7) is 1.96. The predicted molar refractivity (Wildman–Crippen MR) is 87.0 cm³/mol. The molecule has 1 saturated heterocycles. The lowest BCUT2D eigenvalue weighted by Crippen LogP contribution is -2.24. The molecule has 1 N–H and O–H groups in total. The van der Waals surface area contributed by atoms with Gasteiger partial charge in [-0.25, -0.2) is 14.4 Å². The lowest BCUT2D eigenvalue weighted by atomic mass is 10.3. The molecule has 120 valence electrons. The molecule has 2 aromatic heterocycles. The number of aromatic nitrogens is 3. The SMILES string of the molecule is FC1CN(Cc2nccs2)CC1OCc1nc2ccccc2[nH]1. The van der Waals surface area contributed by atoms with Crippen molar-refractivity contribution in [2.24, 2.45) is 0 Å². The monoisotopic (exact) mass is 332 g/mol. The van der Waals surface area contributed by atoms with Crippen molar-refractivity contribution in [1.29, 1.82) is 0 Å². The zero-order chi connectivity index (χ0) is 15.6. The molecule has 7 heteroatoms. The summed E-state index contributed by atoms with van der Waals surface area (Å²) in [4.78, 5) is 13.9. The summed E-state index contributed by atoms with van der Waals surface area (Å²) in [5, 5.41) is 2.95. The number of para-hydroxylation sites is 2. The molecule has 3 aromatic rings. The van der Waals surface area contributed by atoms with Gasteiger partial charge in [-0.3, -0.25) is 4.90 Å². The van der Waals surface area contributed by atoms with Crippen LogP contribution in [-0.2, 0) is 17.9 Å². The smallest absolute Gasteiger partial charge is 0.140 e. The van der Waals surface area contributed by atoms with E-state index < -0.39 is 12.3 Å². The molecular formula is C16H17FN4OS. The van der Waals surface area contributed by atoms with Crippen LogP contribution in [0.5, 0.6) is 0 Å². The molecule has 0 aliphatic carbocycles. The number of fused-ring (bicyclic) bond motifs is 1. The summed E-state index contributed by atoms with van der Waals surface area (Å²) >= 11 is 1.59. The summed E-state index contributed by atoms with van der Waals surface area (Å²) in [5.41, 5.74) is 1.87. The van der Waals surface area contributed by atoms with Gasteiger partial charge < -0.3 is 9.72 Å². The molecule has 3 heterocycles. The molecule has 0 bridgehead atoms. The van der Waals surface area contributed by atoms with E-state index in [2.05, 4.69) is 15.0 Å². The number of nitrogens with zero attached hydrogens (tertiary/aromatic N) is 3. The van der Waals surface area contributed by atoms with E-state index in [1.807, 2.05) is 34.5 Å². The Morgan fingerprint density at radius 2 is 2.26 bits per heavy atom. The Labute approximate surface area is 137 Å². The molecule has 0 amide bonds. The summed E-state index contributed by atoms with van der Waals surface area (Å²) in [6, 6.07) is 7.81. The fourth-order valence-electron chi connectivity index (χ4n) is 2.88. The number of nitrogens with one attached hydrogen (secondary N) is 1. The highest BCUT2D eigenvalue weighted by Gasteiger charge is 2.34. The van der Waals surface area contributed by atoms with Gasteiger partial charge in [0.25, 0.3) is 0 Å². The maximum Gasteiger partial charge on any atom is 0.140 e. The van der Waals surface area contributed by atoms with Crippen molar-refractivity contribution in [3.8, 4) is 0 Å². The third-order valence-electron chi connectivity index (χ3n) is 3.99. The maximum absolute atomic E-state index is 14.2. The Morgan fingerprint density at radius 3 is 3.09 bits per heavy atom. The van der Waals surface area contributed by atoms with Gasteiger partial charge in [-0.15, -0.1) is 11.3 Å². The molecule has 2 unspecified atom stereocenters. The largest absolute Gasteiger partial charge is 0.366 e. The van der Waals surface area contributed by atoms with E-state index in [1.165, 1.54) is 0 Å². The maximum atomic E-state index is 14.2. The van der Waals surface area contributed by atoms with Gasteiger partial charge in [-0.1, -0.05) is 12.1 Å². The quantitative estimate of drug-likeness (QED) is 0.780. The first-order chi connectivity index (χ1) is 11.3. The fourth-order valence-corrected chi connectivity index (χ4v) is 3.53.